The summed E-state index contributed by atoms with van der Waals surface area (Å²) in [6, 6.07) is 7.03. The third-order valence-electron chi connectivity index (χ3n) is 3.04. The molecule has 1 fully saturated rings. The van der Waals surface area contributed by atoms with E-state index in [4.69, 9.17) is 15.2 Å². The first-order valence-corrected chi connectivity index (χ1v) is 6.60. The van der Waals surface area contributed by atoms with Gasteiger partial charge in [0.1, 0.15) is 5.75 Å². The van der Waals surface area contributed by atoms with Gasteiger partial charge in [0.25, 0.3) is 5.91 Å². The van der Waals surface area contributed by atoms with Crippen LogP contribution in [0.5, 0.6) is 5.75 Å². The fourth-order valence-electron chi connectivity index (χ4n) is 2.05. The number of ether oxygens (including phenoxy) is 2. The number of benzene rings is 1. The van der Waals surface area contributed by atoms with Crippen LogP contribution in [0.2, 0.25) is 0 Å². The van der Waals surface area contributed by atoms with Crippen LogP contribution in [0.25, 0.3) is 0 Å². The standard InChI is InChI=1S/C14H20N2O3/c15-11-3-1-4-13(9-11)19-10-14(17)16-7-6-12-5-2-8-18-12/h1,3-4,9,12H,2,5-8,10,15H2,(H,16,17). The number of carbonyl (C=O) groups excluding carboxylic acids is 1. The Balaban J connectivity index is 1.61. The second-order valence-corrected chi connectivity index (χ2v) is 4.63. The van der Waals surface area contributed by atoms with E-state index < -0.39 is 0 Å². The molecule has 0 aliphatic carbocycles. The summed E-state index contributed by atoms with van der Waals surface area (Å²) in [5.74, 6) is 0.481. The lowest BCUT2D eigenvalue weighted by Gasteiger charge is -2.10. The van der Waals surface area contributed by atoms with Crippen molar-refractivity contribution in [2.45, 2.75) is 25.4 Å². The maximum absolute atomic E-state index is 11.6. The molecule has 19 heavy (non-hydrogen) atoms. The van der Waals surface area contributed by atoms with Gasteiger partial charge in [0.2, 0.25) is 0 Å². The zero-order chi connectivity index (χ0) is 13.5. The maximum atomic E-state index is 11.6. The van der Waals surface area contributed by atoms with Gasteiger partial charge in [-0.05, 0) is 31.4 Å². The highest BCUT2D eigenvalue weighted by molar-refractivity contribution is 5.77. The molecule has 0 spiro atoms. The summed E-state index contributed by atoms with van der Waals surface area (Å²) in [5.41, 5.74) is 6.24. The molecule has 1 saturated heterocycles. The second-order valence-electron chi connectivity index (χ2n) is 4.63. The molecule has 1 heterocycles. The Bertz CT molecular complexity index is 417. The normalized spacial score (nSPS) is 18.2. The Hall–Kier alpha value is -1.75. The molecule has 0 saturated carbocycles. The largest absolute Gasteiger partial charge is 0.484 e. The predicted octanol–water partition coefficient (Wildman–Crippen LogP) is 1.33. The highest BCUT2D eigenvalue weighted by Gasteiger charge is 2.15. The molecule has 1 amide bonds. The topological polar surface area (TPSA) is 73.6 Å². The zero-order valence-corrected chi connectivity index (χ0v) is 10.9. The molecule has 1 aliphatic rings. The van der Waals surface area contributed by atoms with Crippen LogP contribution in [0.3, 0.4) is 0 Å². The summed E-state index contributed by atoms with van der Waals surface area (Å²) < 4.78 is 10.8. The average molecular weight is 264 g/mol. The molecule has 1 aromatic carbocycles. The number of hydrogen-bond donors (Lipinski definition) is 2. The molecule has 0 radical (unpaired) electrons. The van der Waals surface area contributed by atoms with E-state index in [1.165, 1.54) is 0 Å². The van der Waals surface area contributed by atoms with E-state index in [-0.39, 0.29) is 12.5 Å². The van der Waals surface area contributed by atoms with Crippen LogP contribution in [0, 0.1) is 0 Å². The van der Waals surface area contributed by atoms with Gasteiger partial charge >= 0.3 is 0 Å². The van der Waals surface area contributed by atoms with Gasteiger partial charge in [-0.1, -0.05) is 6.07 Å². The molecule has 3 N–H and O–H groups in total. The van der Waals surface area contributed by atoms with Gasteiger partial charge in [0, 0.05) is 24.9 Å². The van der Waals surface area contributed by atoms with Gasteiger partial charge in [0.15, 0.2) is 6.61 Å². The zero-order valence-electron chi connectivity index (χ0n) is 10.9. The van der Waals surface area contributed by atoms with E-state index in [9.17, 15) is 4.79 Å². The Morgan fingerprint density at radius 1 is 1.53 bits per heavy atom. The van der Waals surface area contributed by atoms with Crippen molar-refractivity contribution >= 4 is 11.6 Å². The molecule has 0 bridgehead atoms. The number of nitrogens with one attached hydrogen (secondary N) is 1. The highest BCUT2D eigenvalue weighted by atomic mass is 16.5. The van der Waals surface area contributed by atoms with Crippen LogP contribution in [0.1, 0.15) is 19.3 Å². The van der Waals surface area contributed by atoms with Gasteiger partial charge in [-0.25, -0.2) is 0 Å². The van der Waals surface area contributed by atoms with Gasteiger partial charge in [-0.15, -0.1) is 0 Å². The lowest BCUT2D eigenvalue weighted by molar-refractivity contribution is -0.123. The average Bonchev–Trinajstić information content (AvgIpc) is 2.90. The summed E-state index contributed by atoms with van der Waals surface area (Å²) >= 11 is 0. The van der Waals surface area contributed by atoms with Crippen molar-refractivity contribution in [3.05, 3.63) is 24.3 Å². The van der Waals surface area contributed by atoms with Crippen LogP contribution in [-0.4, -0.2) is 31.8 Å². The summed E-state index contributed by atoms with van der Waals surface area (Å²) in [7, 11) is 0. The minimum atomic E-state index is -0.125. The lowest BCUT2D eigenvalue weighted by atomic mass is 10.2. The van der Waals surface area contributed by atoms with E-state index in [0.717, 1.165) is 25.9 Å². The maximum Gasteiger partial charge on any atom is 0.257 e. The minimum Gasteiger partial charge on any atom is -0.484 e. The van der Waals surface area contributed by atoms with Crippen molar-refractivity contribution in [3.8, 4) is 5.75 Å². The fraction of sp³-hybridized carbons (Fsp3) is 0.500. The smallest absolute Gasteiger partial charge is 0.257 e. The quantitative estimate of drug-likeness (QED) is 0.760. The molecule has 2 rings (SSSR count). The van der Waals surface area contributed by atoms with Crippen LogP contribution >= 0.6 is 0 Å². The number of rotatable bonds is 6. The Morgan fingerprint density at radius 2 is 2.42 bits per heavy atom. The molecule has 1 atom stereocenters. The molecule has 1 aliphatic heterocycles. The summed E-state index contributed by atoms with van der Waals surface area (Å²) in [4.78, 5) is 11.6. The van der Waals surface area contributed by atoms with Crippen molar-refractivity contribution in [1.82, 2.24) is 5.32 Å². The van der Waals surface area contributed by atoms with Crippen LogP contribution < -0.4 is 15.8 Å². The molecule has 1 unspecified atom stereocenters. The number of nitrogen functional groups attached to an aromatic ring is 1. The molecule has 5 heteroatoms. The van der Waals surface area contributed by atoms with Gasteiger partial charge in [-0.2, -0.15) is 0 Å². The van der Waals surface area contributed by atoms with Crippen molar-refractivity contribution in [2.75, 3.05) is 25.5 Å². The van der Waals surface area contributed by atoms with Crippen molar-refractivity contribution in [2.24, 2.45) is 0 Å². The van der Waals surface area contributed by atoms with E-state index in [1.807, 2.05) is 0 Å². The third-order valence-corrected chi connectivity index (χ3v) is 3.04. The highest BCUT2D eigenvalue weighted by Crippen LogP contribution is 2.15. The third kappa shape index (κ3) is 4.79. The van der Waals surface area contributed by atoms with Crippen LogP contribution in [0.4, 0.5) is 5.69 Å². The van der Waals surface area contributed by atoms with Crippen LogP contribution in [-0.2, 0) is 9.53 Å². The van der Waals surface area contributed by atoms with E-state index >= 15 is 0 Å². The molecular formula is C14H20N2O3. The number of nitrogens with two attached hydrogens (primary N) is 1. The van der Waals surface area contributed by atoms with Crippen molar-refractivity contribution in [3.63, 3.8) is 0 Å². The number of anilines is 1. The lowest BCUT2D eigenvalue weighted by Crippen LogP contribution is -2.31. The minimum absolute atomic E-state index is 0.00891. The summed E-state index contributed by atoms with van der Waals surface area (Å²) in [5, 5.41) is 2.82. The first-order chi connectivity index (χ1) is 9.24. The SMILES string of the molecule is Nc1cccc(OCC(=O)NCCC2CCCO2)c1. The Labute approximate surface area is 113 Å². The monoisotopic (exact) mass is 264 g/mol. The predicted molar refractivity (Wildman–Crippen MR) is 73.0 cm³/mol. The second kappa shape index (κ2) is 6.99. The number of carbonyl (C=O) groups is 1. The van der Waals surface area contributed by atoms with E-state index in [0.29, 0.717) is 24.1 Å². The molecule has 1 aromatic rings. The number of hydrogen-bond acceptors (Lipinski definition) is 4. The summed E-state index contributed by atoms with van der Waals surface area (Å²) in [6.45, 7) is 1.48. The fourth-order valence-corrected chi connectivity index (χ4v) is 2.05. The van der Waals surface area contributed by atoms with Crippen LogP contribution in [0.15, 0.2) is 24.3 Å². The summed E-state index contributed by atoms with van der Waals surface area (Å²) in [6.07, 6.45) is 3.38. The van der Waals surface area contributed by atoms with Crippen molar-refractivity contribution in [1.29, 1.82) is 0 Å². The molecule has 0 aromatic heterocycles. The van der Waals surface area contributed by atoms with Gasteiger partial charge < -0.3 is 20.5 Å². The Kier molecular flexibility index (Phi) is 5.03. The van der Waals surface area contributed by atoms with Crippen molar-refractivity contribution < 1.29 is 14.3 Å². The Morgan fingerprint density at radius 3 is 3.16 bits per heavy atom. The molecule has 104 valence electrons. The van der Waals surface area contributed by atoms with Gasteiger partial charge in [-0.3, -0.25) is 4.79 Å². The molecular weight excluding hydrogens is 244 g/mol. The van der Waals surface area contributed by atoms with E-state index in [1.54, 1.807) is 24.3 Å². The first-order valence-electron chi connectivity index (χ1n) is 6.60. The first kappa shape index (κ1) is 13.7. The van der Waals surface area contributed by atoms with E-state index in [2.05, 4.69) is 5.32 Å². The number of amides is 1. The molecule has 5 nitrogen and oxygen atoms in total. The van der Waals surface area contributed by atoms with Gasteiger partial charge in [0.05, 0.1) is 6.10 Å².